The van der Waals surface area contributed by atoms with Gasteiger partial charge >= 0.3 is 0 Å². The third kappa shape index (κ3) is 5.82. The smallest absolute Gasteiger partial charge is 0.135 e. The summed E-state index contributed by atoms with van der Waals surface area (Å²) in [5.41, 5.74) is 14.3. The molecule has 1 aromatic heterocycles. The number of para-hydroxylation sites is 1. The van der Waals surface area contributed by atoms with Crippen LogP contribution in [-0.4, -0.2) is 0 Å². The summed E-state index contributed by atoms with van der Waals surface area (Å²) in [6, 6.07) is 80.9. The topological polar surface area (TPSA) is 16.4 Å². The summed E-state index contributed by atoms with van der Waals surface area (Å²) < 4.78 is 6.35. The molecule has 10 aromatic carbocycles. The second-order valence-electron chi connectivity index (χ2n) is 14.9. The second kappa shape index (κ2) is 14.1. The van der Waals surface area contributed by atoms with Gasteiger partial charge in [-0.05, 0) is 115 Å². The van der Waals surface area contributed by atoms with Crippen LogP contribution in [0.2, 0.25) is 0 Å². The van der Waals surface area contributed by atoms with E-state index in [1.807, 2.05) is 12.1 Å². The van der Waals surface area contributed by atoms with E-state index in [1.54, 1.807) is 0 Å². The Morgan fingerprint density at radius 3 is 1.66 bits per heavy atom. The summed E-state index contributed by atoms with van der Waals surface area (Å²) in [5.74, 6) is 0. The Morgan fingerprint density at radius 1 is 0.293 bits per heavy atom. The van der Waals surface area contributed by atoms with Gasteiger partial charge in [0.15, 0.2) is 0 Å². The third-order valence-electron chi connectivity index (χ3n) is 11.5. The molecule has 0 unspecified atom stereocenters. The molecule has 2 heteroatoms. The molecule has 0 aliphatic rings. The Balaban J connectivity index is 1.21. The maximum absolute atomic E-state index is 6.35. The fraction of sp³-hybridized carbons (Fsp3) is 0. The molecule has 0 saturated heterocycles. The second-order valence-corrected chi connectivity index (χ2v) is 14.9. The number of rotatable bonds is 7. The van der Waals surface area contributed by atoms with E-state index in [-0.39, 0.29) is 0 Å². The summed E-state index contributed by atoms with van der Waals surface area (Å²) in [5, 5.41) is 7.14. The monoisotopic (exact) mass is 739 g/mol. The van der Waals surface area contributed by atoms with E-state index in [2.05, 4.69) is 217 Å². The standard InChI is InChI=1S/C56H37NO/c1-3-15-38(16-4-1)40-29-31-44(32-30-40)57(45-33-34-55-52(37-45)49-25-11-12-28-54(49)58-55)53-27-14-26-50(56(53)43-21-13-20-41(35-43)39-17-5-2-6-18-39)51-36-42-19-7-8-22-46(42)47-23-9-10-24-48(47)51/h1-37H. The number of hydrogen-bond acceptors (Lipinski definition) is 2. The largest absolute Gasteiger partial charge is 0.456 e. The first-order chi connectivity index (χ1) is 28.8. The quantitative estimate of drug-likeness (QED) is 0.151. The highest BCUT2D eigenvalue weighted by Crippen LogP contribution is 2.49. The van der Waals surface area contributed by atoms with Gasteiger partial charge in [0.2, 0.25) is 0 Å². The number of hydrogen-bond donors (Lipinski definition) is 0. The van der Waals surface area contributed by atoms with Crippen LogP contribution in [0.1, 0.15) is 0 Å². The van der Waals surface area contributed by atoms with Gasteiger partial charge in [-0.2, -0.15) is 0 Å². The lowest BCUT2D eigenvalue weighted by atomic mass is 9.87. The molecular weight excluding hydrogens is 703 g/mol. The molecule has 0 N–H and O–H groups in total. The van der Waals surface area contributed by atoms with Crippen LogP contribution in [0.5, 0.6) is 0 Å². The highest BCUT2D eigenvalue weighted by atomic mass is 16.3. The van der Waals surface area contributed by atoms with Gasteiger partial charge in [-0.15, -0.1) is 0 Å². The predicted octanol–water partition coefficient (Wildman–Crippen LogP) is 16.0. The average molecular weight is 740 g/mol. The van der Waals surface area contributed by atoms with Crippen molar-refractivity contribution in [3.05, 3.63) is 224 Å². The molecule has 2 nitrogen and oxygen atoms in total. The summed E-state index contributed by atoms with van der Waals surface area (Å²) >= 11 is 0. The molecule has 0 fully saturated rings. The molecule has 0 aliphatic carbocycles. The molecule has 0 radical (unpaired) electrons. The van der Waals surface area contributed by atoms with Gasteiger partial charge in [-0.3, -0.25) is 0 Å². The van der Waals surface area contributed by atoms with Gasteiger partial charge in [0, 0.05) is 27.7 Å². The molecule has 11 rings (SSSR count). The van der Waals surface area contributed by atoms with Crippen LogP contribution in [0.3, 0.4) is 0 Å². The Hall–Kier alpha value is -7.68. The minimum absolute atomic E-state index is 0.872. The molecule has 0 spiro atoms. The zero-order valence-electron chi connectivity index (χ0n) is 31.7. The van der Waals surface area contributed by atoms with E-state index in [9.17, 15) is 0 Å². The lowest BCUT2D eigenvalue weighted by molar-refractivity contribution is 0.669. The Morgan fingerprint density at radius 2 is 0.862 bits per heavy atom. The number of fused-ring (bicyclic) bond motifs is 6. The van der Waals surface area contributed by atoms with Crippen molar-refractivity contribution in [3.8, 4) is 44.5 Å². The highest BCUT2D eigenvalue weighted by Gasteiger charge is 2.23. The van der Waals surface area contributed by atoms with Gasteiger partial charge in [0.25, 0.3) is 0 Å². The van der Waals surface area contributed by atoms with Crippen molar-refractivity contribution in [2.75, 3.05) is 4.90 Å². The average Bonchev–Trinajstić information content (AvgIpc) is 3.68. The summed E-state index contributed by atoms with van der Waals surface area (Å²) in [7, 11) is 0. The minimum atomic E-state index is 0.872. The maximum Gasteiger partial charge on any atom is 0.135 e. The van der Waals surface area contributed by atoms with Gasteiger partial charge in [-0.1, -0.05) is 170 Å². The summed E-state index contributed by atoms with van der Waals surface area (Å²) in [6.07, 6.45) is 0. The van der Waals surface area contributed by atoms with Gasteiger partial charge in [-0.25, -0.2) is 0 Å². The van der Waals surface area contributed by atoms with E-state index in [1.165, 1.54) is 54.9 Å². The van der Waals surface area contributed by atoms with E-state index < -0.39 is 0 Å². The fourth-order valence-corrected chi connectivity index (χ4v) is 8.73. The van der Waals surface area contributed by atoms with E-state index >= 15 is 0 Å². The molecule has 0 aliphatic heterocycles. The van der Waals surface area contributed by atoms with Crippen LogP contribution in [0.15, 0.2) is 229 Å². The van der Waals surface area contributed by atoms with Crippen LogP contribution in [0, 0.1) is 0 Å². The van der Waals surface area contributed by atoms with Gasteiger partial charge in [0.1, 0.15) is 11.2 Å². The number of anilines is 3. The van der Waals surface area contributed by atoms with E-state index in [0.29, 0.717) is 0 Å². The number of benzene rings is 10. The first-order valence-corrected chi connectivity index (χ1v) is 19.8. The van der Waals surface area contributed by atoms with Crippen LogP contribution in [0.4, 0.5) is 17.1 Å². The van der Waals surface area contributed by atoms with Crippen LogP contribution in [-0.2, 0) is 0 Å². The van der Waals surface area contributed by atoms with Crippen molar-refractivity contribution in [2.45, 2.75) is 0 Å². The van der Waals surface area contributed by atoms with Crippen molar-refractivity contribution < 1.29 is 4.42 Å². The molecule has 1 heterocycles. The third-order valence-corrected chi connectivity index (χ3v) is 11.5. The predicted molar refractivity (Wildman–Crippen MR) is 245 cm³/mol. The lowest BCUT2D eigenvalue weighted by Crippen LogP contribution is -2.12. The first kappa shape index (κ1) is 33.6. The summed E-state index contributed by atoms with van der Waals surface area (Å²) in [4.78, 5) is 2.42. The van der Waals surface area contributed by atoms with Gasteiger partial charge in [0.05, 0.1) is 5.69 Å². The van der Waals surface area contributed by atoms with Crippen molar-refractivity contribution in [2.24, 2.45) is 0 Å². The molecule has 0 amide bonds. The van der Waals surface area contributed by atoms with Crippen molar-refractivity contribution in [1.29, 1.82) is 0 Å². The van der Waals surface area contributed by atoms with Crippen LogP contribution < -0.4 is 4.90 Å². The van der Waals surface area contributed by atoms with Crippen molar-refractivity contribution in [3.63, 3.8) is 0 Å². The lowest BCUT2D eigenvalue weighted by Gasteiger charge is -2.30. The van der Waals surface area contributed by atoms with E-state index in [0.717, 1.165) is 50.1 Å². The fourth-order valence-electron chi connectivity index (χ4n) is 8.73. The maximum atomic E-state index is 6.35. The zero-order chi connectivity index (χ0) is 38.4. The normalized spacial score (nSPS) is 11.4. The molecule has 0 saturated carbocycles. The Bertz CT molecular complexity index is 3270. The molecule has 0 bridgehead atoms. The van der Waals surface area contributed by atoms with E-state index in [4.69, 9.17) is 4.42 Å². The Labute approximate surface area is 337 Å². The minimum Gasteiger partial charge on any atom is -0.456 e. The van der Waals surface area contributed by atoms with Crippen molar-refractivity contribution >= 4 is 60.5 Å². The molecule has 0 atom stereocenters. The summed E-state index contributed by atoms with van der Waals surface area (Å²) in [6.45, 7) is 0. The highest BCUT2D eigenvalue weighted by molar-refractivity contribution is 6.16. The van der Waals surface area contributed by atoms with Crippen LogP contribution in [0.25, 0.3) is 88.0 Å². The molecular formula is C56H37NO. The number of furan rings is 1. The number of nitrogens with zero attached hydrogens (tertiary/aromatic N) is 1. The molecule has 272 valence electrons. The van der Waals surface area contributed by atoms with Crippen LogP contribution >= 0.6 is 0 Å². The first-order valence-electron chi connectivity index (χ1n) is 19.8. The zero-order valence-corrected chi connectivity index (χ0v) is 31.7. The van der Waals surface area contributed by atoms with Gasteiger partial charge < -0.3 is 9.32 Å². The Kier molecular flexibility index (Phi) is 8.19. The SMILES string of the molecule is c1ccc(-c2ccc(N(c3ccc4oc5ccccc5c4c3)c3cccc(-c4cc5ccccc5c5ccccc45)c3-c3cccc(-c4ccccc4)c3)cc2)cc1. The molecule has 58 heavy (non-hydrogen) atoms. The van der Waals surface area contributed by atoms with Crippen molar-refractivity contribution in [1.82, 2.24) is 0 Å². The molecule has 11 aromatic rings.